The first kappa shape index (κ1) is 15.9. The Kier molecular flexibility index (Phi) is 6.00. The van der Waals surface area contributed by atoms with E-state index in [-0.39, 0.29) is 0 Å². The molecule has 112 valence electrons. The molecule has 0 saturated heterocycles. The fourth-order valence-electron chi connectivity index (χ4n) is 2.25. The van der Waals surface area contributed by atoms with E-state index in [9.17, 15) is 0 Å². The number of hydrogen-bond donors (Lipinski definition) is 1. The molecule has 1 aliphatic rings. The van der Waals surface area contributed by atoms with Gasteiger partial charge in [-0.1, -0.05) is 18.5 Å². The Morgan fingerprint density at radius 3 is 2.85 bits per heavy atom. The standard InChI is InChI=1S/C15H24ClN3S/c1-4-13(10-20-3)19(2)15-14(16)7-11(9-18-15)8-17-12-5-6-12/h7,9,12-13,17H,4-6,8,10H2,1-3H3. The molecule has 1 saturated carbocycles. The summed E-state index contributed by atoms with van der Waals surface area (Å²) in [5.74, 6) is 1.98. The molecule has 1 aliphatic carbocycles. The molecule has 1 fully saturated rings. The van der Waals surface area contributed by atoms with Crippen molar-refractivity contribution in [2.24, 2.45) is 0 Å². The number of aromatic nitrogens is 1. The topological polar surface area (TPSA) is 28.2 Å². The lowest BCUT2D eigenvalue weighted by Gasteiger charge is -2.28. The first-order valence-electron chi connectivity index (χ1n) is 7.25. The van der Waals surface area contributed by atoms with Crippen LogP contribution < -0.4 is 10.2 Å². The van der Waals surface area contributed by atoms with Crippen LogP contribution >= 0.6 is 23.4 Å². The number of pyridine rings is 1. The number of anilines is 1. The van der Waals surface area contributed by atoms with Gasteiger partial charge in [0.15, 0.2) is 0 Å². The maximum absolute atomic E-state index is 6.42. The molecule has 5 heteroatoms. The zero-order valence-electron chi connectivity index (χ0n) is 12.5. The van der Waals surface area contributed by atoms with Crippen molar-refractivity contribution in [2.45, 2.75) is 44.8 Å². The zero-order chi connectivity index (χ0) is 14.5. The van der Waals surface area contributed by atoms with Gasteiger partial charge in [0.05, 0.1) is 5.02 Å². The second-order valence-electron chi connectivity index (χ2n) is 5.43. The minimum Gasteiger partial charge on any atom is -0.355 e. The third kappa shape index (κ3) is 4.27. The molecule has 1 unspecified atom stereocenters. The zero-order valence-corrected chi connectivity index (χ0v) is 14.1. The third-order valence-corrected chi connectivity index (χ3v) is 4.76. The Morgan fingerprint density at radius 1 is 1.55 bits per heavy atom. The highest BCUT2D eigenvalue weighted by Crippen LogP contribution is 2.27. The summed E-state index contributed by atoms with van der Waals surface area (Å²) >= 11 is 8.28. The molecular formula is C15H24ClN3S. The predicted octanol–water partition coefficient (Wildman–Crippen LogP) is 3.56. The van der Waals surface area contributed by atoms with Crippen LogP contribution in [0.5, 0.6) is 0 Å². The Hall–Kier alpha value is -0.450. The summed E-state index contributed by atoms with van der Waals surface area (Å²) in [6, 6.07) is 3.23. The average molecular weight is 314 g/mol. The molecule has 1 N–H and O–H groups in total. The molecule has 0 aliphatic heterocycles. The summed E-state index contributed by atoms with van der Waals surface area (Å²) in [6.45, 7) is 3.07. The van der Waals surface area contributed by atoms with Gasteiger partial charge in [-0.15, -0.1) is 0 Å². The van der Waals surface area contributed by atoms with Gasteiger partial charge in [0, 0.05) is 37.6 Å². The molecule has 1 heterocycles. The number of thioether (sulfide) groups is 1. The summed E-state index contributed by atoms with van der Waals surface area (Å²) in [6.07, 6.45) is 7.78. The van der Waals surface area contributed by atoms with Crippen LogP contribution in [0.4, 0.5) is 5.82 Å². The second kappa shape index (κ2) is 7.53. The van der Waals surface area contributed by atoms with Gasteiger partial charge >= 0.3 is 0 Å². The smallest absolute Gasteiger partial charge is 0.147 e. The van der Waals surface area contributed by atoms with Crippen LogP contribution in [-0.4, -0.2) is 36.1 Å². The minimum atomic E-state index is 0.477. The van der Waals surface area contributed by atoms with Crippen LogP contribution in [-0.2, 0) is 6.54 Å². The summed E-state index contributed by atoms with van der Waals surface area (Å²) in [5.41, 5.74) is 1.16. The van der Waals surface area contributed by atoms with Crippen LogP contribution in [0.25, 0.3) is 0 Å². The molecular weight excluding hydrogens is 290 g/mol. The SMILES string of the molecule is CCC(CSC)N(C)c1ncc(CNC2CC2)cc1Cl. The summed E-state index contributed by atoms with van der Waals surface area (Å²) < 4.78 is 0. The fourth-order valence-corrected chi connectivity index (χ4v) is 3.41. The van der Waals surface area contributed by atoms with E-state index in [0.29, 0.717) is 12.1 Å². The first-order chi connectivity index (χ1) is 9.65. The van der Waals surface area contributed by atoms with Crippen molar-refractivity contribution in [3.8, 4) is 0 Å². The van der Waals surface area contributed by atoms with Crippen LogP contribution in [0.2, 0.25) is 5.02 Å². The van der Waals surface area contributed by atoms with Gasteiger partial charge < -0.3 is 10.2 Å². The Morgan fingerprint density at radius 2 is 2.30 bits per heavy atom. The maximum atomic E-state index is 6.42. The minimum absolute atomic E-state index is 0.477. The van der Waals surface area contributed by atoms with Gasteiger partial charge in [-0.3, -0.25) is 0 Å². The monoisotopic (exact) mass is 313 g/mol. The largest absolute Gasteiger partial charge is 0.355 e. The molecule has 1 atom stereocenters. The quantitative estimate of drug-likeness (QED) is 0.794. The Balaban J connectivity index is 2.02. The van der Waals surface area contributed by atoms with Crippen LogP contribution in [0.1, 0.15) is 31.7 Å². The van der Waals surface area contributed by atoms with Crippen molar-refractivity contribution >= 4 is 29.2 Å². The summed E-state index contributed by atoms with van der Waals surface area (Å²) in [4.78, 5) is 6.78. The molecule has 0 bridgehead atoms. The number of halogens is 1. The molecule has 0 spiro atoms. The number of hydrogen-bond acceptors (Lipinski definition) is 4. The fraction of sp³-hybridized carbons (Fsp3) is 0.667. The van der Waals surface area contributed by atoms with Crippen molar-refractivity contribution in [1.82, 2.24) is 10.3 Å². The van der Waals surface area contributed by atoms with E-state index in [2.05, 4.69) is 35.4 Å². The normalized spacial score (nSPS) is 16.2. The highest BCUT2D eigenvalue weighted by molar-refractivity contribution is 7.98. The lowest BCUT2D eigenvalue weighted by Crippen LogP contribution is -2.34. The third-order valence-electron chi connectivity index (χ3n) is 3.76. The van der Waals surface area contributed by atoms with Gasteiger partial charge in [-0.2, -0.15) is 11.8 Å². The molecule has 2 rings (SSSR count). The lowest BCUT2D eigenvalue weighted by atomic mass is 10.2. The molecule has 1 aromatic rings. The average Bonchev–Trinajstić information content (AvgIpc) is 3.26. The molecule has 20 heavy (non-hydrogen) atoms. The van der Waals surface area contributed by atoms with E-state index >= 15 is 0 Å². The van der Waals surface area contributed by atoms with Crippen LogP contribution in [0.15, 0.2) is 12.3 Å². The molecule has 1 aromatic heterocycles. The van der Waals surface area contributed by atoms with Gasteiger partial charge in [0.25, 0.3) is 0 Å². The lowest BCUT2D eigenvalue weighted by molar-refractivity contribution is 0.663. The number of rotatable bonds is 8. The van der Waals surface area contributed by atoms with E-state index < -0.39 is 0 Å². The van der Waals surface area contributed by atoms with Crippen LogP contribution in [0.3, 0.4) is 0 Å². The van der Waals surface area contributed by atoms with Crippen molar-refractivity contribution in [2.75, 3.05) is 24.0 Å². The van der Waals surface area contributed by atoms with Gasteiger partial charge in [-0.25, -0.2) is 4.98 Å². The highest BCUT2D eigenvalue weighted by atomic mass is 35.5. The van der Waals surface area contributed by atoms with Gasteiger partial charge in [0.2, 0.25) is 0 Å². The molecule has 0 radical (unpaired) electrons. The van der Waals surface area contributed by atoms with Gasteiger partial charge in [0.1, 0.15) is 5.82 Å². The number of nitrogens with one attached hydrogen (secondary N) is 1. The van der Waals surface area contributed by atoms with Crippen molar-refractivity contribution < 1.29 is 0 Å². The second-order valence-corrected chi connectivity index (χ2v) is 6.75. The Bertz CT molecular complexity index is 437. The molecule has 0 aromatic carbocycles. The van der Waals surface area contributed by atoms with Crippen molar-refractivity contribution in [3.05, 3.63) is 22.8 Å². The van der Waals surface area contributed by atoms with E-state index in [1.54, 1.807) is 0 Å². The van der Waals surface area contributed by atoms with E-state index in [0.717, 1.165) is 35.1 Å². The summed E-state index contributed by atoms with van der Waals surface area (Å²) in [7, 11) is 2.08. The predicted molar refractivity (Wildman–Crippen MR) is 90.0 cm³/mol. The Labute approximate surface area is 131 Å². The molecule has 3 nitrogen and oxygen atoms in total. The molecule has 0 amide bonds. The van der Waals surface area contributed by atoms with E-state index in [4.69, 9.17) is 11.6 Å². The van der Waals surface area contributed by atoms with E-state index in [1.807, 2.05) is 24.0 Å². The maximum Gasteiger partial charge on any atom is 0.147 e. The summed E-state index contributed by atoms with van der Waals surface area (Å²) in [5, 5.41) is 4.24. The van der Waals surface area contributed by atoms with E-state index in [1.165, 1.54) is 12.8 Å². The number of nitrogens with zero attached hydrogens (tertiary/aromatic N) is 2. The first-order valence-corrected chi connectivity index (χ1v) is 9.02. The van der Waals surface area contributed by atoms with Gasteiger partial charge in [-0.05, 0) is 37.1 Å². The van der Waals surface area contributed by atoms with Crippen molar-refractivity contribution in [3.63, 3.8) is 0 Å². The van der Waals surface area contributed by atoms with Crippen LogP contribution in [0, 0.1) is 0 Å². The highest BCUT2D eigenvalue weighted by Gasteiger charge is 2.21. The van der Waals surface area contributed by atoms with Crippen molar-refractivity contribution in [1.29, 1.82) is 0 Å².